The maximum absolute atomic E-state index is 13.4. The predicted molar refractivity (Wildman–Crippen MR) is 82.1 cm³/mol. The molecule has 0 unspecified atom stereocenters. The first kappa shape index (κ1) is 12.8. The van der Waals surface area contributed by atoms with E-state index in [-0.39, 0.29) is 5.82 Å². The summed E-state index contributed by atoms with van der Waals surface area (Å²) in [5.41, 5.74) is 9.81. The smallest absolute Gasteiger partial charge is 0.123 e. The van der Waals surface area contributed by atoms with Gasteiger partial charge in [-0.3, -0.25) is 4.98 Å². The molecule has 2 nitrogen and oxygen atoms in total. The van der Waals surface area contributed by atoms with Crippen molar-refractivity contribution < 1.29 is 4.39 Å². The number of benzene rings is 1. The molecule has 0 amide bonds. The quantitative estimate of drug-likeness (QED) is 0.752. The molecule has 20 heavy (non-hydrogen) atoms. The molecule has 2 heterocycles. The summed E-state index contributed by atoms with van der Waals surface area (Å²) in [5.74, 6) is -0.242. The van der Waals surface area contributed by atoms with Crippen molar-refractivity contribution in [3.8, 4) is 21.7 Å². The van der Waals surface area contributed by atoms with E-state index in [1.165, 1.54) is 23.5 Å². The van der Waals surface area contributed by atoms with Crippen LogP contribution in [-0.2, 0) is 0 Å². The van der Waals surface area contributed by atoms with E-state index < -0.39 is 0 Å². The minimum absolute atomic E-state index is 0.242. The predicted octanol–water partition coefficient (Wildman–Crippen LogP) is 4.51. The van der Waals surface area contributed by atoms with E-state index >= 15 is 0 Å². The Bertz CT molecular complexity index is 750. The Morgan fingerprint density at radius 2 is 2.00 bits per heavy atom. The van der Waals surface area contributed by atoms with E-state index in [2.05, 4.69) is 4.98 Å². The standard InChI is InChI=1S/C16H13FN2S/c1-10-14(13-7-2-3-8-19-13)16(18)20-15(10)11-5-4-6-12(17)9-11/h2-9H,18H2,1H3. The highest BCUT2D eigenvalue weighted by Crippen LogP contribution is 2.42. The largest absolute Gasteiger partial charge is 0.390 e. The highest BCUT2D eigenvalue weighted by molar-refractivity contribution is 7.20. The lowest BCUT2D eigenvalue weighted by molar-refractivity contribution is 0.628. The van der Waals surface area contributed by atoms with E-state index in [0.717, 1.165) is 27.3 Å². The number of nitrogens with two attached hydrogens (primary N) is 1. The van der Waals surface area contributed by atoms with Gasteiger partial charge in [-0.05, 0) is 42.3 Å². The number of hydrogen-bond donors (Lipinski definition) is 1. The number of anilines is 1. The van der Waals surface area contributed by atoms with Gasteiger partial charge < -0.3 is 5.73 Å². The van der Waals surface area contributed by atoms with Crippen LogP contribution in [0.2, 0.25) is 0 Å². The Kier molecular flexibility index (Phi) is 3.24. The third-order valence-electron chi connectivity index (χ3n) is 3.18. The SMILES string of the molecule is Cc1c(-c2cccc(F)c2)sc(N)c1-c1ccccn1. The minimum atomic E-state index is -0.242. The highest BCUT2D eigenvalue weighted by Gasteiger charge is 2.16. The van der Waals surface area contributed by atoms with Crippen LogP contribution in [0.1, 0.15) is 5.56 Å². The van der Waals surface area contributed by atoms with Gasteiger partial charge in [0, 0.05) is 16.6 Å². The van der Waals surface area contributed by atoms with Gasteiger partial charge in [0.1, 0.15) is 5.82 Å². The molecular formula is C16H13FN2S. The first-order valence-corrected chi connectivity index (χ1v) is 7.04. The van der Waals surface area contributed by atoms with Crippen molar-refractivity contribution in [3.05, 3.63) is 60.0 Å². The van der Waals surface area contributed by atoms with Gasteiger partial charge in [0.15, 0.2) is 0 Å². The summed E-state index contributed by atoms with van der Waals surface area (Å²) >= 11 is 1.47. The average molecular weight is 284 g/mol. The zero-order valence-corrected chi connectivity index (χ0v) is 11.7. The van der Waals surface area contributed by atoms with Gasteiger partial charge in [0.25, 0.3) is 0 Å². The van der Waals surface area contributed by atoms with E-state index in [0.29, 0.717) is 5.00 Å². The molecule has 2 N–H and O–H groups in total. The molecule has 0 spiro atoms. The molecule has 3 rings (SSSR count). The van der Waals surface area contributed by atoms with Gasteiger partial charge in [-0.1, -0.05) is 18.2 Å². The van der Waals surface area contributed by atoms with Crippen molar-refractivity contribution >= 4 is 16.3 Å². The summed E-state index contributed by atoms with van der Waals surface area (Å²) in [6, 6.07) is 12.3. The molecule has 0 radical (unpaired) electrons. The summed E-state index contributed by atoms with van der Waals surface area (Å²) in [5, 5.41) is 0.709. The third-order valence-corrected chi connectivity index (χ3v) is 4.35. The minimum Gasteiger partial charge on any atom is -0.390 e. The number of pyridine rings is 1. The van der Waals surface area contributed by atoms with E-state index in [9.17, 15) is 4.39 Å². The van der Waals surface area contributed by atoms with E-state index in [1.54, 1.807) is 12.3 Å². The maximum atomic E-state index is 13.4. The van der Waals surface area contributed by atoms with Crippen LogP contribution in [0, 0.1) is 12.7 Å². The first-order valence-electron chi connectivity index (χ1n) is 6.23. The fourth-order valence-corrected chi connectivity index (χ4v) is 3.35. The summed E-state index contributed by atoms with van der Waals surface area (Å²) in [6.45, 7) is 2.00. The lowest BCUT2D eigenvalue weighted by atomic mass is 10.0. The van der Waals surface area contributed by atoms with Crippen LogP contribution in [0.25, 0.3) is 21.7 Å². The number of nitrogens with zero attached hydrogens (tertiary/aromatic N) is 1. The van der Waals surface area contributed by atoms with Crippen LogP contribution in [0.5, 0.6) is 0 Å². The Morgan fingerprint density at radius 1 is 1.15 bits per heavy atom. The van der Waals surface area contributed by atoms with Gasteiger partial charge in [0.2, 0.25) is 0 Å². The summed E-state index contributed by atoms with van der Waals surface area (Å²) in [4.78, 5) is 5.34. The number of thiophene rings is 1. The highest BCUT2D eigenvalue weighted by atomic mass is 32.1. The number of nitrogen functional groups attached to an aromatic ring is 1. The fourth-order valence-electron chi connectivity index (χ4n) is 2.27. The molecule has 2 aromatic heterocycles. The lowest BCUT2D eigenvalue weighted by Gasteiger charge is -2.03. The second-order valence-electron chi connectivity index (χ2n) is 4.52. The molecule has 4 heteroatoms. The monoisotopic (exact) mass is 284 g/mol. The van der Waals surface area contributed by atoms with Gasteiger partial charge in [-0.2, -0.15) is 0 Å². The maximum Gasteiger partial charge on any atom is 0.123 e. The fraction of sp³-hybridized carbons (Fsp3) is 0.0625. The first-order chi connectivity index (χ1) is 9.66. The van der Waals surface area contributed by atoms with Crippen molar-refractivity contribution in [1.82, 2.24) is 4.98 Å². The van der Waals surface area contributed by atoms with Crippen LogP contribution in [-0.4, -0.2) is 4.98 Å². The van der Waals surface area contributed by atoms with Gasteiger partial charge in [-0.15, -0.1) is 11.3 Å². The van der Waals surface area contributed by atoms with Gasteiger partial charge in [-0.25, -0.2) is 4.39 Å². The molecule has 0 aliphatic heterocycles. The molecular weight excluding hydrogens is 271 g/mol. The molecule has 0 aliphatic carbocycles. The molecule has 0 saturated carbocycles. The van der Waals surface area contributed by atoms with Crippen molar-refractivity contribution in [2.75, 3.05) is 5.73 Å². The second-order valence-corrected chi connectivity index (χ2v) is 5.57. The van der Waals surface area contributed by atoms with Crippen LogP contribution < -0.4 is 5.73 Å². The van der Waals surface area contributed by atoms with Crippen LogP contribution in [0.4, 0.5) is 9.39 Å². The zero-order valence-electron chi connectivity index (χ0n) is 10.9. The number of hydrogen-bond acceptors (Lipinski definition) is 3. The summed E-state index contributed by atoms with van der Waals surface area (Å²) in [6.07, 6.45) is 1.74. The second kappa shape index (κ2) is 5.06. The number of rotatable bonds is 2. The Hall–Kier alpha value is -2.20. The van der Waals surface area contributed by atoms with Crippen molar-refractivity contribution in [2.45, 2.75) is 6.92 Å². The van der Waals surface area contributed by atoms with E-state index in [1.807, 2.05) is 31.2 Å². The van der Waals surface area contributed by atoms with E-state index in [4.69, 9.17) is 5.73 Å². The molecule has 0 fully saturated rings. The van der Waals surface area contributed by atoms with Gasteiger partial charge in [0.05, 0.1) is 10.7 Å². The third kappa shape index (κ3) is 2.18. The molecule has 0 aliphatic rings. The Labute approximate surface area is 120 Å². The normalized spacial score (nSPS) is 10.7. The molecule has 3 aromatic rings. The van der Waals surface area contributed by atoms with Crippen molar-refractivity contribution in [2.24, 2.45) is 0 Å². The zero-order chi connectivity index (χ0) is 14.1. The van der Waals surface area contributed by atoms with Gasteiger partial charge >= 0.3 is 0 Å². The van der Waals surface area contributed by atoms with Crippen LogP contribution in [0.15, 0.2) is 48.7 Å². The summed E-state index contributed by atoms with van der Waals surface area (Å²) < 4.78 is 13.4. The molecule has 100 valence electrons. The van der Waals surface area contributed by atoms with Crippen LogP contribution in [0.3, 0.4) is 0 Å². The van der Waals surface area contributed by atoms with Crippen molar-refractivity contribution in [3.63, 3.8) is 0 Å². The van der Waals surface area contributed by atoms with Crippen LogP contribution >= 0.6 is 11.3 Å². The number of aromatic nitrogens is 1. The summed E-state index contributed by atoms with van der Waals surface area (Å²) in [7, 11) is 0. The molecule has 0 bridgehead atoms. The molecule has 0 saturated heterocycles. The Morgan fingerprint density at radius 3 is 2.70 bits per heavy atom. The molecule has 0 atom stereocenters. The lowest BCUT2D eigenvalue weighted by Crippen LogP contribution is -1.88. The Balaban J connectivity index is 2.17. The average Bonchev–Trinajstić information content (AvgIpc) is 2.75. The topological polar surface area (TPSA) is 38.9 Å². The van der Waals surface area contributed by atoms with Crippen molar-refractivity contribution in [1.29, 1.82) is 0 Å². The molecule has 1 aromatic carbocycles. The number of halogens is 1.